The summed E-state index contributed by atoms with van der Waals surface area (Å²) in [5.74, 6) is 4.92. The fourth-order valence-corrected chi connectivity index (χ4v) is 18.6. The Morgan fingerprint density at radius 2 is 1.66 bits per heavy atom. The van der Waals surface area contributed by atoms with E-state index in [1.54, 1.807) is 23.7 Å². The maximum atomic E-state index is 14.2. The number of aliphatic hydroxyl groups is 1. The summed E-state index contributed by atoms with van der Waals surface area (Å²) < 4.78 is 16.2. The lowest BCUT2D eigenvalue weighted by molar-refractivity contribution is -0.248. The quantitative estimate of drug-likeness (QED) is 0.0139. The lowest BCUT2D eigenvalue weighted by atomic mass is 9.39. The van der Waals surface area contributed by atoms with Crippen molar-refractivity contribution in [3.8, 4) is 21.6 Å². The molecule has 12 rings (SSSR count). The Labute approximate surface area is 572 Å². The average Bonchev–Trinajstić information content (AvgIpc) is 0.739. The number of hydrogen-bond acceptors (Lipinski definition) is 17. The molecule has 23 heteroatoms. The minimum Gasteiger partial charge on any atom is -0.476 e. The maximum absolute atomic E-state index is 14.2. The van der Waals surface area contributed by atoms with Crippen LogP contribution in [0.5, 0.6) is 0 Å². The number of nitrogens with zero attached hydrogens (tertiary/aromatic N) is 10. The molecule has 6 fully saturated rings. The van der Waals surface area contributed by atoms with Gasteiger partial charge in [0.15, 0.2) is 11.5 Å². The third kappa shape index (κ3) is 15.8. The number of aromatic carboxylic acids is 1. The summed E-state index contributed by atoms with van der Waals surface area (Å²) in [6.07, 6.45) is 14.9. The van der Waals surface area contributed by atoms with Gasteiger partial charge < -0.3 is 50.9 Å². The number of anilines is 1. The number of β-amino-alcohol motifs (C(OH)–C–C–N with tert-alkyl or cyclic N) is 1. The number of unbranched alkanes of at least 4 members (excludes halogenated alkanes) is 3. The highest BCUT2D eigenvalue weighted by Gasteiger charge is 2.66. The molecule has 6 aromatic rings. The van der Waals surface area contributed by atoms with E-state index in [1.165, 1.54) is 22.7 Å². The number of thiazole rings is 2. The van der Waals surface area contributed by atoms with E-state index in [2.05, 4.69) is 56.2 Å². The Morgan fingerprint density at radius 3 is 2.36 bits per heavy atom. The van der Waals surface area contributed by atoms with Gasteiger partial charge in [-0.1, -0.05) is 95.2 Å². The molecular formula is C73H97N13O8S2. The second-order valence-corrected chi connectivity index (χ2v) is 31.8. The van der Waals surface area contributed by atoms with Crippen molar-refractivity contribution < 1.29 is 38.9 Å². The first-order valence-electron chi connectivity index (χ1n) is 34.2. The van der Waals surface area contributed by atoms with Gasteiger partial charge in [-0.25, -0.2) is 24.7 Å². The van der Waals surface area contributed by atoms with E-state index in [9.17, 15) is 29.4 Å². The number of nitrogens with one attached hydrogen (secondary N) is 2. The number of ether oxygens (including phenoxy) is 2. The monoisotopic (exact) mass is 1350 g/mol. The Kier molecular flexibility index (Phi) is 21.2. The molecule has 6 heterocycles. The van der Waals surface area contributed by atoms with E-state index < -0.39 is 35.5 Å². The predicted molar refractivity (Wildman–Crippen MR) is 379 cm³/mol. The van der Waals surface area contributed by atoms with Crippen molar-refractivity contribution in [3.05, 3.63) is 106 Å². The van der Waals surface area contributed by atoms with Gasteiger partial charge in [-0.05, 0) is 168 Å². The number of rotatable bonds is 27. The number of amidine groups is 1. The van der Waals surface area contributed by atoms with Gasteiger partial charge in [0.1, 0.15) is 17.9 Å². The Balaban J connectivity index is 0.613. The van der Waals surface area contributed by atoms with E-state index in [4.69, 9.17) is 30.4 Å². The number of aliphatic hydroxyl groups excluding tert-OH is 1. The standard InChI is InChI=1S/C73H97N13O8S2/c1-46(35-75-68-79-56-19-13-14-20-58(56)96-68)53-18-17-29-84(64(53)82-74)59-26-25-54(61(80-59)67(91)92)55-36-77-86(49(55)4)44-72-39-70(8)38-71(9,40-72)42-73(41-70,43-72)94-33-30-83(10)28-15-11-12-16-31-93-32-27-60(88)81-63(69(5,6)7)66(90)85-37-52(87)34-57(85)65(89)78-47(2)50-21-23-51(24-22-50)62-48(3)76-45-95-62/h13-14,19-26,35-36,45,47,52,57,63,87H,11-12,15-18,27-34,37-44,74H2,1-10H3,(H,78,89)(H,81,88)(H,91,92)/b53-46-,75-35-,82-64+/t47-,52+,57-,63+,70?,71?,72?,73?/m0/s1. The molecule has 4 bridgehead atoms. The zero-order valence-electron chi connectivity index (χ0n) is 57.6. The van der Waals surface area contributed by atoms with Crippen molar-refractivity contribution in [1.82, 2.24) is 45.2 Å². The number of pyridine rings is 1. The molecule has 4 aliphatic carbocycles. The van der Waals surface area contributed by atoms with Crippen molar-refractivity contribution in [2.75, 3.05) is 57.9 Å². The third-order valence-corrected chi connectivity index (χ3v) is 22.4. The number of aliphatic imine (C=N–C) groups is 1. The molecule has 2 aromatic carbocycles. The van der Waals surface area contributed by atoms with Crippen molar-refractivity contribution in [3.63, 3.8) is 0 Å². The lowest BCUT2D eigenvalue weighted by Crippen LogP contribution is -2.64. The number of likely N-dealkylation sites (N-methyl/N-ethyl adjacent to an activating group) is 1. The fraction of sp³-hybridized carbons (Fsp3) is 0.562. The number of para-hydroxylation sites is 1. The number of hydrogen-bond donors (Lipinski definition) is 5. The van der Waals surface area contributed by atoms with Gasteiger partial charge in [0.05, 0.1) is 63.5 Å². The highest BCUT2D eigenvalue weighted by Crippen LogP contribution is 2.72. The normalized spacial score (nSPS) is 25.0. The highest BCUT2D eigenvalue weighted by molar-refractivity contribution is 7.22. The summed E-state index contributed by atoms with van der Waals surface area (Å²) in [7, 11) is 2.17. The van der Waals surface area contributed by atoms with Crippen LogP contribution in [0.3, 0.4) is 0 Å². The van der Waals surface area contributed by atoms with Crippen LogP contribution in [-0.2, 0) is 30.4 Å². The number of fused-ring (bicyclic) bond motifs is 1. The van der Waals surface area contributed by atoms with E-state index >= 15 is 0 Å². The lowest BCUT2D eigenvalue weighted by Gasteiger charge is -2.69. The number of likely N-dealkylation sites (tertiary alicyclic amines) is 1. The van der Waals surface area contributed by atoms with Gasteiger partial charge in [0.2, 0.25) is 22.9 Å². The van der Waals surface area contributed by atoms with Gasteiger partial charge in [-0.15, -0.1) is 11.3 Å². The number of benzene rings is 2. The largest absolute Gasteiger partial charge is 0.476 e. The number of allylic oxidation sites excluding steroid dienone is 1. The summed E-state index contributed by atoms with van der Waals surface area (Å²) in [5.41, 5.74) is 8.96. The molecule has 2 unspecified atom stereocenters. The molecule has 96 heavy (non-hydrogen) atoms. The number of carbonyl (C=O) groups excluding carboxylic acids is 3. The average molecular weight is 1350 g/mol. The molecule has 0 radical (unpaired) electrons. The number of carboxylic acid groups (broad SMARTS) is 1. The Morgan fingerprint density at radius 1 is 0.906 bits per heavy atom. The summed E-state index contributed by atoms with van der Waals surface area (Å²) >= 11 is 3.11. The van der Waals surface area contributed by atoms with Gasteiger partial charge in [0, 0.05) is 74.2 Å². The minimum atomic E-state index is -1.12. The van der Waals surface area contributed by atoms with Gasteiger partial charge >= 0.3 is 5.97 Å². The van der Waals surface area contributed by atoms with E-state index in [0.29, 0.717) is 42.1 Å². The fourth-order valence-electron chi connectivity index (χ4n) is 17.0. The zero-order valence-corrected chi connectivity index (χ0v) is 59.2. The molecule has 4 aromatic heterocycles. The van der Waals surface area contributed by atoms with Gasteiger partial charge in [0.25, 0.3) is 0 Å². The van der Waals surface area contributed by atoms with Crippen LogP contribution < -0.4 is 21.4 Å². The van der Waals surface area contributed by atoms with Crippen LogP contribution in [0.2, 0.25) is 0 Å². The van der Waals surface area contributed by atoms with Crippen LogP contribution in [-0.4, -0.2) is 157 Å². The van der Waals surface area contributed by atoms with Crippen LogP contribution >= 0.6 is 22.7 Å². The van der Waals surface area contributed by atoms with Crippen molar-refractivity contribution in [1.29, 1.82) is 0 Å². The summed E-state index contributed by atoms with van der Waals surface area (Å²) in [6.45, 7) is 23.0. The summed E-state index contributed by atoms with van der Waals surface area (Å²) in [5, 5.41) is 37.4. The maximum Gasteiger partial charge on any atom is 0.355 e. The number of carbonyl (C=O) groups is 4. The molecule has 6 N–H and O–H groups in total. The zero-order chi connectivity index (χ0) is 68.3. The molecule has 3 amide bonds. The topological polar surface area (TPSA) is 268 Å². The first-order valence-corrected chi connectivity index (χ1v) is 35.9. The van der Waals surface area contributed by atoms with Gasteiger partial charge in [-0.2, -0.15) is 10.2 Å². The van der Waals surface area contributed by atoms with Crippen LogP contribution in [0.1, 0.15) is 172 Å². The smallest absolute Gasteiger partial charge is 0.355 e. The molecule has 21 nitrogen and oxygen atoms in total. The van der Waals surface area contributed by atoms with E-state index in [1.807, 2.05) is 120 Å². The SMILES string of the molecule is CC(/C=N\c1nc2ccccc2s1)=C1\CCCN(c2ccc(-c3cnn(CC45CC6(C)CC(C)(C4)CC(OCCN(C)CCCCCCOCCC(=O)N[C@H](C(=O)N4C[C@H](O)C[C@H]4C(=O)N[C@@H](C)c4ccc(-c7scnc7C)cc4)C(C)(C)C)(C6)C5)c3C)c(C(=O)O)n2)\C1=N\N. The first kappa shape index (κ1) is 70.1. The van der Waals surface area contributed by atoms with Crippen LogP contribution in [0.15, 0.2) is 93.6 Å². The molecule has 2 saturated heterocycles. The van der Waals surface area contributed by atoms with Crippen LogP contribution in [0.4, 0.5) is 10.9 Å². The van der Waals surface area contributed by atoms with Crippen LogP contribution in [0.25, 0.3) is 31.8 Å². The first-order chi connectivity index (χ1) is 45.8. The van der Waals surface area contributed by atoms with Crippen molar-refractivity contribution in [2.45, 2.75) is 189 Å². The third-order valence-electron chi connectivity index (χ3n) is 20.5. The van der Waals surface area contributed by atoms with E-state index in [0.717, 1.165) is 145 Å². The molecule has 6 atom stereocenters. The van der Waals surface area contributed by atoms with E-state index in [-0.39, 0.29) is 71.4 Å². The van der Waals surface area contributed by atoms with Crippen molar-refractivity contribution >= 4 is 79.6 Å². The molecule has 6 aliphatic rings. The molecular weight excluding hydrogens is 1250 g/mol. The number of aromatic nitrogens is 5. The minimum absolute atomic E-state index is 0.00295. The highest BCUT2D eigenvalue weighted by atomic mass is 32.1. The molecule has 0 spiro atoms. The molecule has 514 valence electrons. The number of amides is 3. The summed E-state index contributed by atoms with van der Waals surface area (Å²) in [4.78, 5) is 79.8. The predicted octanol–water partition coefficient (Wildman–Crippen LogP) is 12.0. The number of nitrogens with two attached hydrogens (primary N) is 1. The number of hydrazone groups is 1. The Hall–Kier alpha value is -7.28. The van der Waals surface area contributed by atoms with Crippen LogP contribution in [0, 0.1) is 35.5 Å². The van der Waals surface area contributed by atoms with Gasteiger partial charge in [-0.3, -0.25) is 19.1 Å². The number of piperidine rings is 1. The van der Waals surface area contributed by atoms with Crippen molar-refractivity contribution in [2.24, 2.45) is 37.6 Å². The number of carboxylic acids is 1. The second kappa shape index (κ2) is 29.0. The molecule has 2 aliphatic heterocycles. The number of aryl methyl sites for hydroxylation is 1. The molecule has 4 saturated carbocycles. The second-order valence-electron chi connectivity index (χ2n) is 29.9. The Bertz CT molecular complexity index is 3850. The summed E-state index contributed by atoms with van der Waals surface area (Å²) in [6, 6.07) is 17.5.